The first-order chi connectivity index (χ1) is 17.2. The van der Waals surface area contributed by atoms with Gasteiger partial charge in [0, 0.05) is 79.4 Å². The number of aryl methyl sites for hydroxylation is 1. The molecule has 5 rings (SSSR count). The number of hydrogen-bond donors (Lipinski definition) is 0. The number of unbranched alkanes of at least 4 members (excludes halogenated alkanes) is 5. The van der Waals surface area contributed by atoms with E-state index in [2.05, 4.69) is 51.9 Å². The van der Waals surface area contributed by atoms with Gasteiger partial charge in [-0.1, -0.05) is 31.4 Å². The molecule has 0 atom stereocenters. The molecule has 0 amide bonds. The van der Waals surface area contributed by atoms with Crippen molar-refractivity contribution in [3.05, 3.63) is 55.0 Å². The summed E-state index contributed by atoms with van der Waals surface area (Å²) in [6.45, 7) is 0.815. The fourth-order valence-corrected chi connectivity index (χ4v) is 4.88. The van der Waals surface area contributed by atoms with Gasteiger partial charge in [-0.15, -0.1) is 0 Å². The highest BCUT2D eigenvalue weighted by atomic mass is 16.5. The number of ether oxygens (including phenoxy) is 2. The highest BCUT2D eigenvalue weighted by Gasteiger charge is 2.31. The molecule has 0 spiro atoms. The highest BCUT2D eigenvalue weighted by molar-refractivity contribution is 6.08. The second-order valence-electron chi connectivity index (χ2n) is 9.50. The molecule has 0 radical (unpaired) electrons. The number of carbonyl (C=O) groups excluding carboxylic acids is 1. The first-order valence-corrected chi connectivity index (χ1v) is 12.7. The Balaban J connectivity index is 1.09. The van der Waals surface area contributed by atoms with Gasteiger partial charge < -0.3 is 18.8 Å². The van der Waals surface area contributed by atoms with Gasteiger partial charge >= 0.3 is 0 Å². The van der Waals surface area contributed by atoms with Crippen LogP contribution in [0.4, 0.5) is 0 Å². The first kappa shape index (κ1) is 23.5. The van der Waals surface area contributed by atoms with Gasteiger partial charge in [0.1, 0.15) is 12.4 Å². The molecule has 1 fully saturated rings. The molecule has 6 nitrogen and oxygen atoms in total. The topological polar surface area (TPSA) is 66.2 Å². The zero-order valence-corrected chi connectivity index (χ0v) is 20.4. The molecule has 1 aliphatic carbocycles. The SMILES string of the molecule is Cn1c2ccncc2c2ccc(-c3ccc(OC4CC(OCCCCCCCC=O)C4)nc3)cc21. The Morgan fingerprint density at radius 3 is 2.57 bits per heavy atom. The summed E-state index contributed by atoms with van der Waals surface area (Å²) in [5.74, 6) is 0.671. The average molecular weight is 472 g/mol. The number of rotatable bonds is 12. The fraction of sp³-hybridized carbons (Fsp3) is 0.414. The van der Waals surface area contributed by atoms with Crippen molar-refractivity contribution in [2.75, 3.05) is 6.61 Å². The molecule has 1 saturated carbocycles. The lowest BCUT2D eigenvalue weighted by molar-refractivity contribution is -0.107. The van der Waals surface area contributed by atoms with E-state index in [1.807, 2.05) is 24.7 Å². The molecule has 0 bridgehead atoms. The summed E-state index contributed by atoms with van der Waals surface area (Å²) < 4.78 is 14.2. The van der Waals surface area contributed by atoms with Crippen LogP contribution in [0.3, 0.4) is 0 Å². The quantitative estimate of drug-likeness (QED) is 0.180. The van der Waals surface area contributed by atoms with Crippen molar-refractivity contribution in [2.24, 2.45) is 7.05 Å². The lowest BCUT2D eigenvalue weighted by Gasteiger charge is -2.34. The maximum atomic E-state index is 10.3. The van der Waals surface area contributed by atoms with Crippen molar-refractivity contribution in [3.63, 3.8) is 0 Å². The lowest BCUT2D eigenvalue weighted by atomic mass is 9.92. The molecule has 1 aliphatic rings. The van der Waals surface area contributed by atoms with Gasteiger partial charge in [0.25, 0.3) is 0 Å². The maximum absolute atomic E-state index is 10.3. The molecule has 0 unspecified atom stereocenters. The number of fused-ring (bicyclic) bond motifs is 3. The summed E-state index contributed by atoms with van der Waals surface area (Å²) in [6.07, 6.45) is 15.3. The van der Waals surface area contributed by atoms with E-state index in [0.717, 1.165) is 56.1 Å². The Morgan fingerprint density at radius 1 is 0.914 bits per heavy atom. The van der Waals surface area contributed by atoms with Gasteiger partial charge in [-0.2, -0.15) is 0 Å². The van der Waals surface area contributed by atoms with Gasteiger partial charge in [0.2, 0.25) is 5.88 Å². The van der Waals surface area contributed by atoms with Crippen molar-refractivity contribution in [1.82, 2.24) is 14.5 Å². The highest BCUT2D eigenvalue weighted by Crippen LogP contribution is 2.32. The minimum Gasteiger partial charge on any atom is -0.474 e. The van der Waals surface area contributed by atoms with Gasteiger partial charge in [-0.3, -0.25) is 4.98 Å². The number of benzene rings is 1. The second-order valence-corrected chi connectivity index (χ2v) is 9.50. The maximum Gasteiger partial charge on any atom is 0.213 e. The fourth-order valence-electron chi connectivity index (χ4n) is 4.88. The van der Waals surface area contributed by atoms with E-state index >= 15 is 0 Å². The molecular weight excluding hydrogens is 438 g/mol. The van der Waals surface area contributed by atoms with Crippen LogP contribution in [-0.2, 0) is 16.6 Å². The summed E-state index contributed by atoms with van der Waals surface area (Å²) in [7, 11) is 2.09. The van der Waals surface area contributed by atoms with Crippen LogP contribution in [0.5, 0.6) is 5.88 Å². The van der Waals surface area contributed by atoms with Crippen molar-refractivity contribution in [3.8, 4) is 17.0 Å². The molecule has 3 aromatic heterocycles. The zero-order chi connectivity index (χ0) is 24.0. The Bertz CT molecular complexity index is 1280. The summed E-state index contributed by atoms with van der Waals surface area (Å²) in [6, 6.07) is 12.6. The monoisotopic (exact) mass is 471 g/mol. The molecule has 6 heteroatoms. The van der Waals surface area contributed by atoms with Crippen LogP contribution < -0.4 is 4.74 Å². The average Bonchev–Trinajstić information content (AvgIpc) is 3.16. The van der Waals surface area contributed by atoms with E-state index in [0.29, 0.717) is 18.4 Å². The van der Waals surface area contributed by atoms with Crippen LogP contribution in [0.2, 0.25) is 0 Å². The number of hydrogen-bond acceptors (Lipinski definition) is 5. The molecule has 4 aromatic rings. The van der Waals surface area contributed by atoms with Crippen LogP contribution in [0.1, 0.15) is 51.4 Å². The predicted octanol–water partition coefficient (Wildman–Crippen LogP) is 6.25. The number of carbonyl (C=O) groups is 1. The summed E-state index contributed by atoms with van der Waals surface area (Å²) >= 11 is 0. The van der Waals surface area contributed by atoms with Crippen LogP contribution in [-0.4, -0.2) is 39.6 Å². The van der Waals surface area contributed by atoms with Crippen LogP contribution >= 0.6 is 0 Å². The molecule has 0 aliphatic heterocycles. The third-order valence-electron chi connectivity index (χ3n) is 7.04. The van der Waals surface area contributed by atoms with E-state index in [4.69, 9.17) is 9.47 Å². The number of pyridine rings is 2. The molecule has 1 aromatic carbocycles. The molecule has 0 saturated heterocycles. The minimum absolute atomic E-state index is 0.183. The third-order valence-corrected chi connectivity index (χ3v) is 7.04. The molecule has 3 heterocycles. The van der Waals surface area contributed by atoms with Gasteiger partial charge in [-0.05, 0) is 36.6 Å². The Labute approximate surface area is 206 Å². The summed E-state index contributed by atoms with van der Waals surface area (Å²) in [5, 5.41) is 2.39. The summed E-state index contributed by atoms with van der Waals surface area (Å²) in [5.41, 5.74) is 4.58. The number of nitrogens with zero attached hydrogens (tertiary/aromatic N) is 3. The lowest BCUT2D eigenvalue weighted by Crippen LogP contribution is -2.39. The van der Waals surface area contributed by atoms with Gasteiger partial charge in [0.05, 0.1) is 11.6 Å². The normalized spacial score (nSPS) is 17.5. The number of aromatic nitrogens is 3. The largest absolute Gasteiger partial charge is 0.474 e. The second kappa shape index (κ2) is 11.0. The predicted molar refractivity (Wildman–Crippen MR) is 139 cm³/mol. The standard InChI is InChI=1S/C29H33N3O3/c1-32-27-12-13-30-20-26(27)25-10-8-21(16-28(25)32)22-9-11-29(31-19-22)35-24-17-23(18-24)34-15-7-5-3-2-4-6-14-33/h8-14,16,19-20,23-24H,2-7,15,17-18H2,1H3. The molecule has 0 N–H and O–H groups in total. The van der Waals surface area contributed by atoms with Gasteiger partial charge in [-0.25, -0.2) is 4.98 Å². The molecule has 182 valence electrons. The van der Waals surface area contributed by atoms with E-state index < -0.39 is 0 Å². The zero-order valence-electron chi connectivity index (χ0n) is 20.4. The molecule has 35 heavy (non-hydrogen) atoms. The minimum atomic E-state index is 0.183. The molecular formula is C29H33N3O3. The van der Waals surface area contributed by atoms with E-state index in [1.54, 1.807) is 0 Å². The Hall–Kier alpha value is -3.25. The smallest absolute Gasteiger partial charge is 0.213 e. The third kappa shape index (κ3) is 5.38. The number of aldehydes is 1. The van der Waals surface area contributed by atoms with Gasteiger partial charge in [0.15, 0.2) is 0 Å². The van der Waals surface area contributed by atoms with E-state index in [-0.39, 0.29) is 6.10 Å². The van der Waals surface area contributed by atoms with Crippen LogP contribution in [0.15, 0.2) is 55.0 Å². The van der Waals surface area contributed by atoms with E-state index in [9.17, 15) is 4.79 Å². The van der Waals surface area contributed by atoms with Crippen molar-refractivity contribution < 1.29 is 14.3 Å². The Kier molecular flexibility index (Phi) is 7.38. The van der Waals surface area contributed by atoms with Crippen LogP contribution in [0.25, 0.3) is 32.9 Å². The van der Waals surface area contributed by atoms with Crippen molar-refractivity contribution >= 4 is 28.1 Å². The first-order valence-electron chi connectivity index (χ1n) is 12.7. The van der Waals surface area contributed by atoms with Crippen LogP contribution in [0, 0.1) is 0 Å². The van der Waals surface area contributed by atoms with E-state index in [1.165, 1.54) is 34.6 Å². The van der Waals surface area contributed by atoms with Crippen molar-refractivity contribution in [2.45, 2.75) is 63.6 Å². The summed E-state index contributed by atoms with van der Waals surface area (Å²) in [4.78, 5) is 19.2. The Morgan fingerprint density at radius 2 is 1.74 bits per heavy atom. The van der Waals surface area contributed by atoms with Crippen molar-refractivity contribution in [1.29, 1.82) is 0 Å².